The maximum absolute atomic E-state index is 13.5. The molecule has 0 aliphatic carbocycles. The van der Waals surface area contributed by atoms with Crippen molar-refractivity contribution in [3.63, 3.8) is 0 Å². The van der Waals surface area contributed by atoms with Gasteiger partial charge in [-0.15, -0.1) is 0 Å². The molecule has 1 aromatic carbocycles. The molecule has 1 aromatic rings. The van der Waals surface area contributed by atoms with Crippen LogP contribution >= 0.6 is 0 Å². The molecule has 0 aromatic heterocycles. The van der Waals surface area contributed by atoms with Crippen LogP contribution in [-0.2, 0) is 28.5 Å². The smallest absolute Gasteiger partial charge is 0.305 e. The molecule has 0 bridgehead atoms. The number of hydrogen-bond acceptors (Lipinski definition) is 14. The first-order valence-corrected chi connectivity index (χ1v) is 13.7. The summed E-state index contributed by atoms with van der Waals surface area (Å²) in [7, 11) is 1.29. The summed E-state index contributed by atoms with van der Waals surface area (Å²) in [6.45, 7) is -1.43. The van der Waals surface area contributed by atoms with Gasteiger partial charge in [-0.1, -0.05) is 18.6 Å². The highest BCUT2D eigenvalue weighted by Crippen LogP contribution is 2.36. The molecule has 2 amide bonds. The summed E-state index contributed by atoms with van der Waals surface area (Å²) in [5, 5.41) is 61.7. The minimum Gasteiger partial charge on any atom is -0.469 e. The number of amides is 2. The molecule has 4 rings (SSSR count). The van der Waals surface area contributed by atoms with Gasteiger partial charge in [0.1, 0.15) is 48.8 Å². The van der Waals surface area contributed by atoms with Gasteiger partial charge in [-0.3, -0.25) is 19.3 Å². The normalized spacial score (nSPS) is 34.9. The van der Waals surface area contributed by atoms with Gasteiger partial charge < -0.3 is 54.3 Å². The van der Waals surface area contributed by atoms with Crippen molar-refractivity contribution >= 4 is 17.8 Å². The number of carbonyl (C=O) groups is 3. The number of fused-ring (bicyclic) bond motifs is 1. The Labute approximate surface area is 241 Å². The third kappa shape index (κ3) is 6.50. The Morgan fingerprint density at radius 1 is 0.833 bits per heavy atom. The van der Waals surface area contributed by atoms with E-state index in [0.29, 0.717) is 19.3 Å². The van der Waals surface area contributed by atoms with E-state index in [0.717, 1.165) is 4.90 Å². The van der Waals surface area contributed by atoms with E-state index in [-0.39, 0.29) is 30.1 Å². The number of aliphatic hydroxyl groups excluding tert-OH is 6. The summed E-state index contributed by atoms with van der Waals surface area (Å²) in [4.78, 5) is 39.2. The lowest BCUT2D eigenvalue weighted by molar-refractivity contribution is -0.349. The zero-order chi connectivity index (χ0) is 30.6. The van der Waals surface area contributed by atoms with Crippen LogP contribution in [-0.4, -0.2) is 142 Å². The van der Waals surface area contributed by atoms with Crippen LogP contribution in [0.15, 0.2) is 24.3 Å². The van der Waals surface area contributed by atoms with Crippen LogP contribution in [0.25, 0.3) is 0 Å². The largest absolute Gasteiger partial charge is 0.469 e. The van der Waals surface area contributed by atoms with E-state index in [1.165, 1.54) is 19.2 Å². The van der Waals surface area contributed by atoms with E-state index < -0.39 is 86.4 Å². The molecule has 3 heterocycles. The molecular weight excluding hydrogens is 562 g/mol. The maximum atomic E-state index is 13.5. The second-order valence-electron chi connectivity index (χ2n) is 10.3. The number of hydrogen-bond donors (Lipinski definition) is 6. The number of rotatable bonds is 12. The van der Waals surface area contributed by atoms with Crippen molar-refractivity contribution in [2.75, 3.05) is 26.9 Å². The van der Waals surface area contributed by atoms with Gasteiger partial charge in [0, 0.05) is 13.0 Å². The first kappa shape index (κ1) is 32.3. The number of aliphatic hydroxyl groups is 6. The Kier molecular flexibility index (Phi) is 11.0. The minimum absolute atomic E-state index is 0.0342. The molecule has 15 heteroatoms. The Bertz CT molecular complexity index is 1070. The number of unbranched alkanes of at least 4 members (excludes halogenated alkanes) is 2. The van der Waals surface area contributed by atoms with E-state index in [2.05, 4.69) is 4.74 Å². The van der Waals surface area contributed by atoms with Crippen molar-refractivity contribution < 1.29 is 68.7 Å². The second kappa shape index (κ2) is 14.3. The standard InChI is InChI=1S/C27H37NO14/c1-38-17(31)9-3-2-6-10-39-26-18(28-24(36)13-7-4-5-8-14(13)25(28)37)23(20(33)16(12-30)40-26)42-27-22(35)21(34)19(32)15(11-29)41-27/h4-5,7-8,15-16,18-23,26-27,29-30,32-35H,2-3,6,9-12H2,1H3/t15-,16-,18-,19-,20-,21+,22-,23-,26-,27-/m1/s1. The van der Waals surface area contributed by atoms with Crippen molar-refractivity contribution in [3.05, 3.63) is 35.4 Å². The lowest BCUT2D eigenvalue weighted by Crippen LogP contribution is -2.68. The van der Waals surface area contributed by atoms with Gasteiger partial charge in [0.2, 0.25) is 0 Å². The van der Waals surface area contributed by atoms with Crippen LogP contribution in [0.5, 0.6) is 0 Å². The first-order chi connectivity index (χ1) is 20.1. The monoisotopic (exact) mass is 599 g/mol. The molecule has 234 valence electrons. The highest BCUT2D eigenvalue weighted by Gasteiger charge is 2.56. The molecular formula is C27H37NO14. The molecule has 0 saturated carbocycles. The highest BCUT2D eigenvalue weighted by molar-refractivity contribution is 6.21. The molecule has 3 aliphatic heterocycles. The number of benzene rings is 1. The topological polar surface area (TPSA) is 222 Å². The van der Waals surface area contributed by atoms with Crippen LogP contribution in [0.1, 0.15) is 46.4 Å². The average Bonchev–Trinajstić information content (AvgIpc) is 3.25. The van der Waals surface area contributed by atoms with Gasteiger partial charge in [-0.25, -0.2) is 0 Å². The molecule has 15 nitrogen and oxygen atoms in total. The molecule has 2 fully saturated rings. The lowest BCUT2D eigenvalue weighted by Gasteiger charge is -2.49. The molecule has 0 spiro atoms. The van der Waals surface area contributed by atoms with E-state index in [1.807, 2.05) is 0 Å². The van der Waals surface area contributed by atoms with Gasteiger partial charge in [0.05, 0.1) is 31.5 Å². The zero-order valence-electron chi connectivity index (χ0n) is 22.9. The van der Waals surface area contributed by atoms with Crippen LogP contribution < -0.4 is 0 Å². The molecule has 2 saturated heterocycles. The maximum Gasteiger partial charge on any atom is 0.305 e. The Morgan fingerprint density at radius 3 is 2.02 bits per heavy atom. The van der Waals surface area contributed by atoms with E-state index in [9.17, 15) is 45.0 Å². The first-order valence-electron chi connectivity index (χ1n) is 13.7. The number of carbonyl (C=O) groups excluding carboxylic acids is 3. The second-order valence-corrected chi connectivity index (χ2v) is 10.3. The van der Waals surface area contributed by atoms with Crippen LogP contribution in [0.3, 0.4) is 0 Å². The molecule has 0 unspecified atom stereocenters. The van der Waals surface area contributed by atoms with Crippen LogP contribution in [0.2, 0.25) is 0 Å². The summed E-state index contributed by atoms with van der Waals surface area (Å²) in [5.41, 5.74) is 0.184. The quantitative estimate of drug-likeness (QED) is 0.0842. The van der Waals surface area contributed by atoms with Gasteiger partial charge >= 0.3 is 5.97 Å². The van der Waals surface area contributed by atoms with Crippen molar-refractivity contribution in [1.29, 1.82) is 0 Å². The highest BCUT2D eigenvalue weighted by atomic mass is 16.7. The van der Waals surface area contributed by atoms with Gasteiger partial charge in [-0.2, -0.15) is 0 Å². The van der Waals surface area contributed by atoms with Crippen molar-refractivity contribution in [1.82, 2.24) is 4.90 Å². The molecule has 0 radical (unpaired) electrons. The Morgan fingerprint density at radius 2 is 1.43 bits per heavy atom. The Balaban J connectivity index is 1.61. The van der Waals surface area contributed by atoms with Crippen LogP contribution in [0.4, 0.5) is 0 Å². The minimum atomic E-state index is -1.86. The third-order valence-electron chi connectivity index (χ3n) is 7.62. The average molecular weight is 600 g/mol. The van der Waals surface area contributed by atoms with E-state index in [1.54, 1.807) is 12.1 Å². The summed E-state index contributed by atoms with van der Waals surface area (Å²) in [6.07, 6.45) is -12.7. The summed E-state index contributed by atoms with van der Waals surface area (Å²) in [5.74, 6) is -1.81. The Hall–Kier alpha value is -2.57. The fraction of sp³-hybridized carbons (Fsp3) is 0.667. The fourth-order valence-corrected chi connectivity index (χ4v) is 5.28. The van der Waals surface area contributed by atoms with Crippen LogP contribution in [0, 0.1) is 0 Å². The molecule has 6 N–H and O–H groups in total. The number of ether oxygens (including phenoxy) is 5. The predicted molar refractivity (Wildman–Crippen MR) is 138 cm³/mol. The van der Waals surface area contributed by atoms with Crippen molar-refractivity contribution in [2.24, 2.45) is 0 Å². The van der Waals surface area contributed by atoms with E-state index >= 15 is 0 Å². The SMILES string of the molecule is COC(=O)CCCCCO[C@@H]1O[C@H](CO)[C@@H](O)[C@H](O[C@H]2O[C@H](CO)[C@@H](O)[C@H](O)[C@H]2O)[C@H]1N1C(=O)c2ccccc2C1=O. The molecule has 3 aliphatic rings. The van der Waals surface area contributed by atoms with Gasteiger partial charge in [0.15, 0.2) is 12.6 Å². The van der Waals surface area contributed by atoms with Crippen molar-refractivity contribution in [2.45, 2.75) is 87.0 Å². The van der Waals surface area contributed by atoms with Gasteiger partial charge in [0.25, 0.3) is 11.8 Å². The number of methoxy groups -OCH3 is 1. The van der Waals surface area contributed by atoms with Gasteiger partial charge in [-0.05, 0) is 25.0 Å². The fourth-order valence-electron chi connectivity index (χ4n) is 5.28. The lowest BCUT2D eigenvalue weighted by atomic mass is 9.94. The molecule has 10 atom stereocenters. The summed E-state index contributed by atoms with van der Waals surface area (Å²) >= 11 is 0. The number of esters is 1. The third-order valence-corrected chi connectivity index (χ3v) is 7.62. The summed E-state index contributed by atoms with van der Waals surface area (Å²) < 4.78 is 27.7. The van der Waals surface area contributed by atoms with E-state index in [4.69, 9.17) is 18.9 Å². The number of imide groups is 1. The zero-order valence-corrected chi connectivity index (χ0v) is 22.9. The van der Waals surface area contributed by atoms with Crippen molar-refractivity contribution in [3.8, 4) is 0 Å². The summed E-state index contributed by atoms with van der Waals surface area (Å²) in [6, 6.07) is 4.59. The molecule has 42 heavy (non-hydrogen) atoms. The predicted octanol–water partition coefficient (Wildman–Crippen LogP) is -2.34. The number of nitrogens with zero attached hydrogens (tertiary/aromatic N) is 1.